The zero-order valence-corrected chi connectivity index (χ0v) is 18.8. The van der Waals surface area contributed by atoms with Gasteiger partial charge in [0.2, 0.25) is 0 Å². The Morgan fingerprint density at radius 1 is 1.14 bits per heavy atom. The number of ether oxygens (including phenoxy) is 1. The Kier molecular flexibility index (Phi) is 5.98. The van der Waals surface area contributed by atoms with Crippen LogP contribution < -0.4 is 5.32 Å². The van der Waals surface area contributed by atoms with Gasteiger partial charge in [0, 0.05) is 12.8 Å². The number of nitrogens with zero attached hydrogens (tertiary/aromatic N) is 1. The number of rotatable bonds is 4. The van der Waals surface area contributed by atoms with Crippen molar-refractivity contribution in [3.05, 3.63) is 53.8 Å². The minimum Gasteiger partial charge on any atom is -0.360 e. The number of nitriles is 1. The van der Waals surface area contributed by atoms with Crippen LogP contribution in [0.5, 0.6) is 0 Å². The zero-order chi connectivity index (χ0) is 20.5. The number of hydrogen-bond acceptors (Lipinski definition) is 3. The minimum atomic E-state index is -0.955. The summed E-state index contributed by atoms with van der Waals surface area (Å²) in [7, 11) is 0.744. The van der Waals surface area contributed by atoms with Gasteiger partial charge in [-0.25, -0.2) is 10.0 Å². The largest absolute Gasteiger partial charge is 0.360 e. The summed E-state index contributed by atoms with van der Waals surface area (Å²) in [5.41, 5.74) is 1.80. The van der Waals surface area contributed by atoms with Gasteiger partial charge < -0.3 is 10.1 Å². The Labute approximate surface area is 172 Å². The van der Waals surface area contributed by atoms with Crippen LogP contribution in [0.25, 0.3) is 0 Å². The molecule has 1 fully saturated rings. The highest BCUT2D eigenvalue weighted by Gasteiger charge is 2.49. The molecule has 0 amide bonds. The average molecular weight is 399 g/mol. The van der Waals surface area contributed by atoms with E-state index in [9.17, 15) is 5.26 Å². The maximum Gasteiger partial charge on any atom is 0.146 e. The number of allylic oxidation sites excluding steroid dienone is 3. The van der Waals surface area contributed by atoms with E-state index in [-0.39, 0.29) is 6.23 Å². The summed E-state index contributed by atoms with van der Waals surface area (Å²) in [5, 5.41) is 14.3. The van der Waals surface area contributed by atoms with Crippen molar-refractivity contribution in [1.82, 2.24) is 5.32 Å². The zero-order valence-electron chi connectivity index (χ0n) is 18.0. The molecule has 0 bridgehead atoms. The van der Waals surface area contributed by atoms with Crippen LogP contribution in [-0.4, -0.2) is 31.1 Å². The highest BCUT2D eigenvalue weighted by atomic mass is 32.3. The molecule has 1 aliphatic carbocycles. The van der Waals surface area contributed by atoms with Crippen LogP contribution in [0.15, 0.2) is 58.6 Å². The van der Waals surface area contributed by atoms with Gasteiger partial charge in [-0.05, 0) is 65.9 Å². The molecule has 0 aromatic heterocycles. The van der Waals surface area contributed by atoms with E-state index in [2.05, 4.69) is 81.1 Å². The van der Waals surface area contributed by atoms with Gasteiger partial charge in [-0.3, -0.25) is 0 Å². The molecule has 3 atom stereocenters. The van der Waals surface area contributed by atoms with Crippen LogP contribution in [0, 0.1) is 28.6 Å². The Balaban J connectivity index is 1.92. The first-order valence-electron chi connectivity index (χ1n) is 10.1. The number of nitrogens with one attached hydrogen (secondary N) is 1. The molecule has 0 radical (unpaired) electrons. The summed E-state index contributed by atoms with van der Waals surface area (Å²) in [6, 6.07) is 13.7. The molecule has 1 heterocycles. The molecule has 2 aliphatic rings. The molecule has 1 aliphatic heterocycles. The summed E-state index contributed by atoms with van der Waals surface area (Å²) >= 11 is 0. The number of benzene rings is 1. The lowest BCUT2D eigenvalue weighted by atomic mass is 9.62. The highest BCUT2D eigenvalue weighted by Crippen LogP contribution is 2.63. The summed E-state index contributed by atoms with van der Waals surface area (Å²) in [4.78, 5) is 1.47. The van der Waals surface area contributed by atoms with Crippen molar-refractivity contribution in [3.63, 3.8) is 0 Å². The lowest BCUT2D eigenvalue weighted by Gasteiger charge is -2.53. The molecular formula is C24H34N2OS. The third-order valence-electron chi connectivity index (χ3n) is 6.68. The van der Waals surface area contributed by atoms with E-state index in [1.165, 1.54) is 4.90 Å². The number of hydrogen-bond donors (Lipinski definition) is 1. The Morgan fingerprint density at radius 2 is 1.75 bits per heavy atom. The first-order valence-corrected chi connectivity index (χ1v) is 12.6. The van der Waals surface area contributed by atoms with Crippen molar-refractivity contribution in [2.75, 3.05) is 19.6 Å². The lowest BCUT2D eigenvalue weighted by Crippen LogP contribution is -2.45. The average Bonchev–Trinajstić information content (AvgIpc) is 2.67. The van der Waals surface area contributed by atoms with Gasteiger partial charge in [0.05, 0.1) is 11.5 Å². The Hall–Kier alpha value is -1.70. The molecule has 0 spiro atoms. The third-order valence-corrected chi connectivity index (χ3v) is 10.5. The smallest absolute Gasteiger partial charge is 0.146 e. The molecule has 1 unspecified atom stereocenters. The fraction of sp³-hybridized carbons (Fsp3) is 0.542. The standard InChI is InChI=1S/C24H34N2OS/c1-17-14-24(16-25,21-12-13-22(27-4)26-19(21)3)15-18(2)23(17)28(5,6)20-10-8-7-9-11-20/h7-13,17-18,22-23,26H,14-15H2,1-6H3/t17-,18-,22?,23?,24?/m1/s1. The normalized spacial score (nSPS) is 33.9. The molecule has 1 N–H and O–H groups in total. The molecule has 4 heteroatoms. The van der Waals surface area contributed by atoms with Gasteiger partial charge in [0.15, 0.2) is 0 Å². The van der Waals surface area contributed by atoms with Crippen LogP contribution in [0.4, 0.5) is 0 Å². The first-order chi connectivity index (χ1) is 13.2. The maximum atomic E-state index is 10.3. The van der Waals surface area contributed by atoms with Crippen molar-refractivity contribution in [2.24, 2.45) is 17.3 Å². The molecule has 3 rings (SSSR count). The van der Waals surface area contributed by atoms with Crippen molar-refractivity contribution in [1.29, 1.82) is 5.26 Å². The van der Waals surface area contributed by atoms with Crippen LogP contribution in [0.2, 0.25) is 0 Å². The van der Waals surface area contributed by atoms with Crippen LogP contribution in [0.1, 0.15) is 33.6 Å². The molecule has 1 aromatic rings. The van der Waals surface area contributed by atoms with Crippen LogP contribution in [0.3, 0.4) is 0 Å². The van der Waals surface area contributed by atoms with Gasteiger partial charge >= 0.3 is 0 Å². The van der Waals surface area contributed by atoms with Gasteiger partial charge in [0.25, 0.3) is 0 Å². The number of dihydropyridines is 1. The van der Waals surface area contributed by atoms with Gasteiger partial charge in [-0.1, -0.05) is 50.3 Å². The highest BCUT2D eigenvalue weighted by molar-refractivity contribution is 8.33. The molecule has 28 heavy (non-hydrogen) atoms. The predicted molar refractivity (Wildman–Crippen MR) is 119 cm³/mol. The number of methoxy groups -OCH3 is 1. The van der Waals surface area contributed by atoms with E-state index >= 15 is 0 Å². The van der Waals surface area contributed by atoms with Crippen molar-refractivity contribution in [2.45, 2.75) is 50.0 Å². The molecule has 1 saturated carbocycles. The molecule has 3 nitrogen and oxygen atoms in total. The second kappa shape index (κ2) is 7.97. The van der Waals surface area contributed by atoms with E-state index in [0.29, 0.717) is 17.1 Å². The van der Waals surface area contributed by atoms with E-state index in [1.54, 1.807) is 7.11 Å². The second-order valence-corrected chi connectivity index (χ2v) is 12.8. The minimum absolute atomic E-state index is 0.105. The van der Waals surface area contributed by atoms with Crippen molar-refractivity contribution in [3.8, 4) is 6.07 Å². The second-order valence-electron chi connectivity index (χ2n) is 8.94. The summed E-state index contributed by atoms with van der Waals surface area (Å²) in [5.74, 6) is 0.977. The molecule has 152 valence electrons. The SMILES string of the molecule is COC1C=CC(C2(C#N)C[C@@H](C)C(S(C)(C)c3ccccc3)[C@H](C)C2)=C(C)N1. The fourth-order valence-electron chi connectivity index (χ4n) is 5.74. The van der Waals surface area contributed by atoms with E-state index < -0.39 is 15.4 Å². The van der Waals surface area contributed by atoms with E-state index in [0.717, 1.165) is 24.1 Å². The summed E-state index contributed by atoms with van der Waals surface area (Å²) < 4.78 is 5.41. The third kappa shape index (κ3) is 3.63. The van der Waals surface area contributed by atoms with E-state index in [4.69, 9.17) is 4.74 Å². The lowest BCUT2D eigenvalue weighted by molar-refractivity contribution is 0.117. The van der Waals surface area contributed by atoms with Crippen molar-refractivity contribution < 1.29 is 4.74 Å². The van der Waals surface area contributed by atoms with E-state index in [1.807, 2.05) is 6.08 Å². The molecule has 1 aromatic carbocycles. The maximum absolute atomic E-state index is 10.3. The van der Waals surface area contributed by atoms with Crippen LogP contribution in [-0.2, 0) is 4.74 Å². The van der Waals surface area contributed by atoms with Gasteiger partial charge in [-0.2, -0.15) is 5.26 Å². The Bertz CT molecular complexity index is 794. The van der Waals surface area contributed by atoms with Gasteiger partial charge in [0.1, 0.15) is 6.23 Å². The van der Waals surface area contributed by atoms with Crippen molar-refractivity contribution >= 4 is 10.0 Å². The van der Waals surface area contributed by atoms with Gasteiger partial charge in [-0.15, -0.1) is 0 Å². The quantitative estimate of drug-likeness (QED) is 0.732. The monoisotopic (exact) mass is 398 g/mol. The van der Waals surface area contributed by atoms with Crippen LogP contribution >= 0.6 is 10.0 Å². The summed E-state index contributed by atoms with van der Waals surface area (Å²) in [6.07, 6.45) is 10.8. The molecular weight excluding hydrogens is 364 g/mol. The first kappa shape index (κ1) is 21.0. The molecule has 0 saturated heterocycles. The Morgan fingerprint density at radius 3 is 2.25 bits per heavy atom. The predicted octanol–water partition coefficient (Wildman–Crippen LogP) is 5.46. The fourth-order valence-corrected chi connectivity index (χ4v) is 9.43. The topological polar surface area (TPSA) is 45.0 Å². The summed E-state index contributed by atoms with van der Waals surface area (Å²) in [6.45, 7) is 6.79.